The van der Waals surface area contributed by atoms with Crippen molar-refractivity contribution in [1.29, 1.82) is 0 Å². The fraction of sp³-hybridized carbons (Fsp3) is 0.488. The van der Waals surface area contributed by atoms with Crippen molar-refractivity contribution in [1.82, 2.24) is 19.8 Å². The van der Waals surface area contributed by atoms with Crippen LogP contribution in [0.3, 0.4) is 0 Å². The molecule has 7 atom stereocenters. The number of ether oxygens (including phenoxy) is 1. The molecule has 0 spiro atoms. The first-order valence-corrected chi connectivity index (χ1v) is 18.3. The van der Waals surface area contributed by atoms with E-state index in [1.807, 2.05) is 38.2 Å². The van der Waals surface area contributed by atoms with Gasteiger partial charge in [0.05, 0.1) is 19.8 Å². The second kappa shape index (κ2) is 12.7. The SMILES string of the molecule is C=C[C@H]1CN2CCc3c([nH]c4ccc(O)c([C@H]5C[C@H]6/C(=C\C)CN(C)[C@@H](Cc7c5[nH]c5ccccc75)[C@@]6(CO)C(=O)OC)c34)[C@@H]2C[C@@H]1CCO. The van der Waals surface area contributed by atoms with Crippen molar-refractivity contribution in [2.24, 2.45) is 23.2 Å². The van der Waals surface area contributed by atoms with Crippen LogP contribution in [0.1, 0.15) is 66.2 Å². The Bertz CT molecular complexity index is 1990. The van der Waals surface area contributed by atoms with Crippen LogP contribution >= 0.6 is 0 Å². The second-order valence-corrected chi connectivity index (χ2v) is 15.2. The summed E-state index contributed by atoms with van der Waals surface area (Å²) in [4.78, 5) is 26.5. The Kier molecular flexibility index (Phi) is 8.45. The molecule has 264 valence electrons. The van der Waals surface area contributed by atoms with E-state index in [9.17, 15) is 20.1 Å². The molecule has 0 radical (unpaired) electrons. The Balaban J connectivity index is 1.36. The molecule has 5 N–H and O–H groups in total. The topological polar surface area (TPSA) is 125 Å². The lowest BCUT2D eigenvalue weighted by atomic mass is 9.58. The van der Waals surface area contributed by atoms with Crippen molar-refractivity contribution in [2.45, 2.75) is 57.0 Å². The van der Waals surface area contributed by atoms with E-state index >= 15 is 0 Å². The molecule has 4 aliphatic rings. The molecular weight excluding hydrogens is 628 g/mol. The fourth-order valence-corrected chi connectivity index (χ4v) is 10.8. The number of piperidine rings is 2. The van der Waals surface area contributed by atoms with Crippen LogP contribution in [0.4, 0.5) is 0 Å². The van der Waals surface area contributed by atoms with E-state index in [2.05, 4.69) is 50.6 Å². The number of aliphatic hydroxyl groups is 2. The minimum atomic E-state index is -1.19. The highest BCUT2D eigenvalue weighted by atomic mass is 16.5. The maximum absolute atomic E-state index is 14.1. The van der Waals surface area contributed by atoms with Gasteiger partial charge in [0.2, 0.25) is 0 Å². The first-order chi connectivity index (χ1) is 24.3. The summed E-state index contributed by atoms with van der Waals surface area (Å²) in [5.41, 5.74) is 7.44. The Morgan fingerprint density at radius 1 is 1.10 bits per heavy atom. The number of likely N-dealkylation sites (tertiary alicyclic amines) is 1. The highest BCUT2D eigenvalue weighted by molar-refractivity contribution is 5.93. The van der Waals surface area contributed by atoms with E-state index in [1.165, 1.54) is 18.4 Å². The summed E-state index contributed by atoms with van der Waals surface area (Å²) in [5.74, 6) is -0.0617. The summed E-state index contributed by atoms with van der Waals surface area (Å²) in [5, 5.41) is 35.5. The summed E-state index contributed by atoms with van der Waals surface area (Å²) in [6.07, 6.45) is 7.77. The number of allylic oxidation sites excluding steroid dienone is 1. The molecule has 5 heterocycles. The number of nitrogens with one attached hydrogen (secondary N) is 2. The van der Waals surface area contributed by atoms with Gasteiger partial charge >= 0.3 is 5.97 Å². The molecule has 9 heteroatoms. The minimum absolute atomic E-state index is 0.167. The second-order valence-electron chi connectivity index (χ2n) is 15.2. The summed E-state index contributed by atoms with van der Waals surface area (Å²) in [6.45, 7) is 8.49. The summed E-state index contributed by atoms with van der Waals surface area (Å²) in [7, 11) is 3.47. The van der Waals surface area contributed by atoms with Crippen molar-refractivity contribution in [3.63, 3.8) is 0 Å². The number of aromatic nitrogens is 2. The molecule has 8 rings (SSSR count). The average Bonchev–Trinajstić information content (AvgIpc) is 3.69. The molecule has 50 heavy (non-hydrogen) atoms. The zero-order valence-corrected chi connectivity index (χ0v) is 29.4. The molecular formula is C41H50N4O5. The van der Waals surface area contributed by atoms with E-state index in [4.69, 9.17) is 4.74 Å². The third kappa shape index (κ3) is 4.77. The number of phenols is 1. The Labute approximate surface area is 293 Å². The molecule has 2 aromatic heterocycles. The van der Waals surface area contributed by atoms with Crippen LogP contribution in [0, 0.1) is 23.2 Å². The first-order valence-electron chi connectivity index (χ1n) is 18.3. The van der Waals surface area contributed by atoms with E-state index in [-0.39, 0.29) is 42.9 Å². The van der Waals surface area contributed by atoms with Crippen LogP contribution in [-0.4, -0.2) is 94.1 Å². The van der Waals surface area contributed by atoms with Gasteiger partial charge in [0.25, 0.3) is 0 Å². The lowest BCUT2D eigenvalue weighted by Gasteiger charge is -2.53. The molecule has 1 aliphatic carbocycles. The lowest BCUT2D eigenvalue weighted by molar-refractivity contribution is -0.169. The number of aliphatic hydroxyl groups excluding tert-OH is 2. The van der Waals surface area contributed by atoms with E-state index < -0.39 is 11.4 Å². The molecule has 4 aromatic rings. The van der Waals surface area contributed by atoms with Gasteiger partial charge in [-0.25, -0.2) is 0 Å². The number of fused-ring (bicyclic) bond motifs is 10. The largest absolute Gasteiger partial charge is 0.508 e. The number of aromatic hydroxyl groups is 1. The number of methoxy groups -OCH3 is 1. The van der Waals surface area contributed by atoms with Crippen LogP contribution in [0.2, 0.25) is 0 Å². The number of para-hydroxylation sites is 1. The van der Waals surface area contributed by atoms with E-state index in [1.54, 1.807) is 0 Å². The minimum Gasteiger partial charge on any atom is -0.508 e. The standard InChI is InChI=1S/C41H50N4O5/c1-5-23-21-45-15-13-27-36-32(43-39(27)33(45)17-25(23)14-16-46)11-12-34(48)37(36)29-18-30-24(6-2)20-44(3)35(41(30,22-47)40(49)50-4)19-28-26-9-7-8-10-31(26)42-38(28)29/h5-12,23,25,29-30,33,35,42-43,46-48H,1,13-22H2,2-4H3/b24-6-/t23-,25-,29+,30-,33-,35-,41-/m0/s1. The number of rotatable bonds is 6. The number of hydrogen-bond acceptors (Lipinski definition) is 7. The maximum Gasteiger partial charge on any atom is 0.316 e. The van der Waals surface area contributed by atoms with Gasteiger partial charge in [0.15, 0.2) is 0 Å². The molecule has 0 unspecified atom stereocenters. The van der Waals surface area contributed by atoms with Gasteiger partial charge in [-0.05, 0) is 87.2 Å². The number of carbonyl (C=O) groups is 1. The van der Waals surface area contributed by atoms with Gasteiger partial charge in [-0.1, -0.05) is 35.9 Å². The number of likely N-dealkylation sites (N-methyl/N-ethyl adjacent to an activating group) is 1. The molecule has 3 aliphatic heterocycles. The molecule has 9 nitrogen and oxygen atoms in total. The number of hydrogen-bond donors (Lipinski definition) is 5. The third-order valence-corrected chi connectivity index (χ3v) is 13.2. The monoisotopic (exact) mass is 678 g/mol. The molecule has 2 saturated heterocycles. The van der Waals surface area contributed by atoms with Crippen molar-refractivity contribution in [2.75, 3.05) is 47.0 Å². The number of carbonyl (C=O) groups excluding carboxylic acids is 1. The number of H-pyrrole nitrogens is 2. The smallest absolute Gasteiger partial charge is 0.316 e. The normalized spacial score (nSPS) is 30.8. The van der Waals surface area contributed by atoms with Gasteiger partial charge in [-0.2, -0.15) is 0 Å². The summed E-state index contributed by atoms with van der Waals surface area (Å²) >= 11 is 0. The maximum atomic E-state index is 14.1. The quantitative estimate of drug-likeness (QED) is 0.134. The van der Waals surface area contributed by atoms with E-state index in [0.717, 1.165) is 76.6 Å². The lowest BCUT2D eigenvalue weighted by Crippen LogP contribution is -2.63. The summed E-state index contributed by atoms with van der Waals surface area (Å²) in [6, 6.07) is 12.0. The van der Waals surface area contributed by atoms with Gasteiger partial charge in [-0.3, -0.25) is 14.6 Å². The average molecular weight is 679 g/mol. The first kappa shape index (κ1) is 33.3. The number of esters is 1. The van der Waals surface area contributed by atoms with Gasteiger partial charge in [-0.15, -0.1) is 6.58 Å². The fourth-order valence-electron chi connectivity index (χ4n) is 10.8. The van der Waals surface area contributed by atoms with Crippen LogP contribution in [0.25, 0.3) is 21.8 Å². The number of benzene rings is 2. The number of aromatic amines is 2. The zero-order chi connectivity index (χ0) is 34.9. The predicted octanol–water partition coefficient (Wildman–Crippen LogP) is 5.56. The van der Waals surface area contributed by atoms with E-state index in [0.29, 0.717) is 31.2 Å². The van der Waals surface area contributed by atoms with Crippen LogP contribution in [-0.2, 0) is 22.4 Å². The Morgan fingerprint density at radius 3 is 2.64 bits per heavy atom. The van der Waals surface area contributed by atoms with Gasteiger partial charge in [0.1, 0.15) is 11.2 Å². The molecule has 2 aromatic carbocycles. The predicted molar refractivity (Wildman–Crippen MR) is 195 cm³/mol. The number of nitrogens with zero attached hydrogens (tertiary/aromatic N) is 2. The highest BCUT2D eigenvalue weighted by Crippen LogP contribution is 2.55. The highest BCUT2D eigenvalue weighted by Gasteiger charge is 2.59. The van der Waals surface area contributed by atoms with Crippen molar-refractivity contribution in [3.05, 3.63) is 88.8 Å². The van der Waals surface area contributed by atoms with Gasteiger partial charge in [0, 0.05) is 82.9 Å². The van der Waals surface area contributed by atoms with Crippen molar-refractivity contribution in [3.8, 4) is 5.75 Å². The van der Waals surface area contributed by atoms with Gasteiger partial charge < -0.3 is 30.0 Å². The zero-order valence-electron chi connectivity index (χ0n) is 29.4. The third-order valence-electron chi connectivity index (χ3n) is 13.2. The van der Waals surface area contributed by atoms with Crippen LogP contribution in [0.15, 0.2) is 60.7 Å². The molecule has 0 amide bonds. The van der Waals surface area contributed by atoms with Crippen molar-refractivity contribution < 1.29 is 24.9 Å². The molecule has 2 bridgehead atoms. The van der Waals surface area contributed by atoms with Crippen LogP contribution in [0.5, 0.6) is 5.75 Å². The number of phenolic OH excluding ortho intramolecular Hbond substituents is 1. The molecule has 0 saturated carbocycles. The summed E-state index contributed by atoms with van der Waals surface area (Å²) < 4.78 is 5.56. The Morgan fingerprint density at radius 2 is 1.90 bits per heavy atom. The van der Waals surface area contributed by atoms with Crippen molar-refractivity contribution >= 4 is 27.8 Å². The molecule has 2 fully saturated rings. The Hall–Kier alpha value is -3.89. The van der Waals surface area contributed by atoms with Crippen LogP contribution < -0.4 is 0 Å².